The third kappa shape index (κ3) is 4.01. The van der Waals surface area contributed by atoms with Crippen molar-refractivity contribution >= 4 is 21.6 Å². The number of amides is 1. The van der Waals surface area contributed by atoms with Crippen molar-refractivity contribution in [1.29, 1.82) is 0 Å². The summed E-state index contributed by atoms with van der Waals surface area (Å²) in [5.74, 6) is -0.169. The summed E-state index contributed by atoms with van der Waals surface area (Å²) in [6.45, 7) is 4.65. The number of carbonyl (C=O) groups excluding carboxylic acids is 1. The number of nitrogens with zero attached hydrogens (tertiary/aromatic N) is 1. The van der Waals surface area contributed by atoms with E-state index < -0.39 is 10.0 Å². The van der Waals surface area contributed by atoms with Crippen LogP contribution in [-0.2, 0) is 23.0 Å². The number of rotatable bonds is 4. The SMILES string of the molecule is Cc1ccc(C(=O)Nc2ccc3c(c2)CN(S(=O)(=O)c2ccccc2)CC3)c(C)c1. The van der Waals surface area contributed by atoms with Crippen LogP contribution in [0.5, 0.6) is 0 Å². The van der Waals surface area contributed by atoms with E-state index in [-0.39, 0.29) is 5.91 Å². The Kier molecular flexibility index (Phi) is 5.45. The van der Waals surface area contributed by atoms with Crippen LogP contribution in [-0.4, -0.2) is 25.2 Å². The second-order valence-corrected chi connectivity index (χ2v) is 9.60. The molecule has 1 aliphatic heterocycles. The van der Waals surface area contributed by atoms with E-state index in [2.05, 4.69) is 5.32 Å². The average Bonchev–Trinajstić information content (AvgIpc) is 2.73. The fourth-order valence-corrected chi connectivity index (χ4v) is 5.26. The molecule has 1 amide bonds. The summed E-state index contributed by atoms with van der Waals surface area (Å²) in [7, 11) is -3.55. The highest BCUT2D eigenvalue weighted by Gasteiger charge is 2.28. The van der Waals surface area contributed by atoms with Crippen LogP contribution < -0.4 is 5.32 Å². The molecular formula is C24H24N2O3S. The number of sulfonamides is 1. The van der Waals surface area contributed by atoms with Gasteiger partial charge in [0, 0.05) is 24.3 Å². The smallest absolute Gasteiger partial charge is 0.255 e. The van der Waals surface area contributed by atoms with Crippen molar-refractivity contribution < 1.29 is 13.2 Å². The minimum Gasteiger partial charge on any atom is -0.322 e. The molecule has 0 fully saturated rings. The van der Waals surface area contributed by atoms with Crippen LogP contribution in [0, 0.1) is 13.8 Å². The topological polar surface area (TPSA) is 66.5 Å². The van der Waals surface area contributed by atoms with Crippen molar-refractivity contribution in [3.05, 3.63) is 94.5 Å². The van der Waals surface area contributed by atoms with Gasteiger partial charge in [-0.3, -0.25) is 4.79 Å². The van der Waals surface area contributed by atoms with Gasteiger partial charge in [0.1, 0.15) is 0 Å². The maximum atomic E-state index is 13.0. The van der Waals surface area contributed by atoms with E-state index in [1.807, 2.05) is 50.2 Å². The zero-order chi connectivity index (χ0) is 21.3. The maximum absolute atomic E-state index is 13.0. The van der Waals surface area contributed by atoms with Crippen molar-refractivity contribution in [2.24, 2.45) is 0 Å². The standard InChI is InChI=1S/C24H24N2O3S/c1-17-8-11-23(18(2)14-17)24(27)25-21-10-9-19-12-13-26(16-20(19)15-21)30(28,29)22-6-4-3-5-7-22/h3-11,14-15H,12-13,16H2,1-2H3,(H,25,27). The molecule has 1 heterocycles. The van der Waals surface area contributed by atoms with E-state index in [0.29, 0.717) is 35.7 Å². The molecule has 3 aromatic rings. The van der Waals surface area contributed by atoms with Gasteiger partial charge < -0.3 is 5.32 Å². The second-order valence-electron chi connectivity index (χ2n) is 7.66. The van der Waals surface area contributed by atoms with Crippen molar-refractivity contribution in [2.45, 2.75) is 31.7 Å². The van der Waals surface area contributed by atoms with E-state index in [1.165, 1.54) is 4.31 Å². The molecule has 0 atom stereocenters. The number of benzene rings is 3. The lowest BCUT2D eigenvalue weighted by Gasteiger charge is -2.28. The molecule has 0 saturated heterocycles. The largest absolute Gasteiger partial charge is 0.322 e. The van der Waals surface area contributed by atoms with Crippen LogP contribution in [0.15, 0.2) is 71.6 Å². The minimum atomic E-state index is -3.55. The minimum absolute atomic E-state index is 0.169. The second kappa shape index (κ2) is 8.05. The van der Waals surface area contributed by atoms with Crippen molar-refractivity contribution in [1.82, 2.24) is 4.31 Å². The molecule has 0 saturated carbocycles. The first-order chi connectivity index (χ1) is 14.3. The molecule has 30 heavy (non-hydrogen) atoms. The Morgan fingerprint density at radius 3 is 2.43 bits per heavy atom. The van der Waals surface area contributed by atoms with Gasteiger partial charge in [0.15, 0.2) is 0 Å². The van der Waals surface area contributed by atoms with Crippen LogP contribution in [0.1, 0.15) is 32.6 Å². The lowest BCUT2D eigenvalue weighted by Crippen LogP contribution is -2.36. The quantitative estimate of drug-likeness (QED) is 0.684. The van der Waals surface area contributed by atoms with E-state index in [4.69, 9.17) is 0 Å². The Balaban J connectivity index is 1.55. The van der Waals surface area contributed by atoms with Gasteiger partial charge >= 0.3 is 0 Å². The summed E-state index contributed by atoms with van der Waals surface area (Å²) in [6, 6.07) is 19.9. The highest BCUT2D eigenvalue weighted by Crippen LogP contribution is 2.27. The van der Waals surface area contributed by atoms with Crippen LogP contribution in [0.2, 0.25) is 0 Å². The fraction of sp³-hybridized carbons (Fsp3) is 0.208. The average molecular weight is 421 g/mol. The summed E-state index contributed by atoms with van der Waals surface area (Å²) in [6.07, 6.45) is 0.646. The van der Waals surface area contributed by atoms with Gasteiger partial charge in [-0.1, -0.05) is 42.0 Å². The Hall–Kier alpha value is -2.96. The molecule has 4 rings (SSSR count). The maximum Gasteiger partial charge on any atom is 0.255 e. The Morgan fingerprint density at radius 1 is 0.933 bits per heavy atom. The highest BCUT2D eigenvalue weighted by atomic mass is 32.2. The van der Waals surface area contributed by atoms with Crippen molar-refractivity contribution in [2.75, 3.05) is 11.9 Å². The van der Waals surface area contributed by atoms with Gasteiger partial charge in [0.2, 0.25) is 10.0 Å². The number of carbonyl (C=O) groups is 1. The van der Waals surface area contributed by atoms with Crippen LogP contribution in [0.3, 0.4) is 0 Å². The third-order valence-corrected chi connectivity index (χ3v) is 7.31. The van der Waals surface area contributed by atoms with E-state index in [1.54, 1.807) is 30.3 Å². The molecule has 6 heteroatoms. The zero-order valence-corrected chi connectivity index (χ0v) is 17.9. The normalized spacial score (nSPS) is 14.2. The summed E-state index contributed by atoms with van der Waals surface area (Å²) >= 11 is 0. The molecule has 3 aromatic carbocycles. The van der Waals surface area contributed by atoms with E-state index >= 15 is 0 Å². The van der Waals surface area contributed by atoms with Crippen LogP contribution in [0.4, 0.5) is 5.69 Å². The van der Waals surface area contributed by atoms with E-state index in [0.717, 1.165) is 22.3 Å². The number of fused-ring (bicyclic) bond motifs is 1. The lowest BCUT2D eigenvalue weighted by atomic mass is 10.00. The lowest BCUT2D eigenvalue weighted by molar-refractivity contribution is 0.102. The molecule has 154 valence electrons. The van der Waals surface area contributed by atoms with Gasteiger partial charge in [-0.15, -0.1) is 0 Å². The Morgan fingerprint density at radius 2 is 1.70 bits per heavy atom. The molecule has 0 bridgehead atoms. The van der Waals surface area contributed by atoms with Gasteiger partial charge in [0.05, 0.1) is 4.90 Å². The van der Waals surface area contributed by atoms with E-state index in [9.17, 15) is 13.2 Å². The molecule has 0 radical (unpaired) electrons. The first-order valence-corrected chi connectivity index (χ1v) is 11.3. The number of hydrogen-bond acceptors (Lipinski definition) is 3. The molecule has 0 unspecified atom stereocenters. The molecule has 1 N–H and O–H groups in total. The predicted molar refractivity (Wildman–Crippen MR) is 118 cm³/mol. The van der Waals surface area contributed by atoms with Gasteiger partial charge in [0.25, 0.3) is 5.91 Å². The predicted octanol–water partition coefficient (Wildman–Crippen LogP) is 4.30. The summed E-state index contributed by atoms with van der Waals surface area (Å²) in [4.78, 5) is 13.0. The fourth-order valence-electron chi connectivity index (χ4n) is 3.82. The zero-order valence-electron chi connectivity index (χ0n) is 17.1. The van der Waals surface area contributed by atoms with Crippen molar-refractivity contribution in [3.8, 4) is 0 Å². The first kappa shape index (κ1) is 20.3. The highest BCUT2D eigenvalue weighted by molar-refractivity contribution is 7.89. The number of hydrogen-bond donors (Lipinski definition) is 1. The van der Waals surface area contributed by atoms with Gasteiger partial charge in [-0.25, -0.2) is 8.42 Å². The molecule has 1 aliphatic rings. The summed E-state index contributed by atoms with van der Waals surface area (Å²) < 4.78 is 27.4. The molecule has 0 aliphatic carbocycles. The number of anilines is 1. The van der Waals surface area contributed by atoms with Crippen LogP contribution >= 0.6 is 0 Å². The Labute approximate surface area is 177 Å². The monoisotopic (exact) mass is 420 g/mol. The molecular weight excluding hydrogens is 396 g/mol. The number of nitrogens with one attached hydrogen (secondary N) is 1. The molecule has 0 aromatic heterocycles. The van der Waals surface area contributed by atoms with Gasteiger partial charge in [-0.05, 0) is 67.3 Å². The summed E-state index contributed by atoms with van der Waals surface area (Å²) in [5, 5.41) is 2.95. The molecule has 0 spiro atoms. The first-order valence-electron chi connectivity index (χ1n) is 9.90. The summed E-state index contributed by atoms with van der Waals surface area (Å²) in [5.41, 5.74) is 5.35. The molecule has 5 nitrogen and oxygen atoms in total. The number of aryl methyl sites for hydroxylation is 2. The van der Waals surface area contributed by atoms with Crippen LogP contribution in [0.25, 0.3) is 0 Å². The van der Waals surface area contributed by atoms with Gasteiger partial charge in [-0.2, -0.15) is 4.31 Å². The third-order valence-electron chi connectivity index (χ3n) is 5.45. The Bertz CT molecular complexity index is 1200. The van der Waals surface area contributed by atoms with Crippen molar-refractivity contribution in [3.63, 3.8) is 0 Å².